The zero-order valence-corrected chi connectivity index (χ0v) is 21.1. The van der Waals surface area contributed by atoms with Gasteiger partial charge in [0.25, 0.3) is 5.56 Å². The van der Waals surface area contributed by atoms with Gasteiger partial charge in [-0.25, -0.2) is 19.1 Å². The monoisotopic (exact) mass is 608 g/mol. The topological polar surface area (TPSA) is 345 Å². The van der Waals surface area contributed by atoms with Crippen LogP contribution in [0.15, 0.2) is 17.4 Å². The Labute approximate surface area is 216 Å². The molecule has 222 valence electrons. The Kier molecular flexibility index (Phi) is 11.5. The SMILES string of the molecule is O=CC(O)C(O)C(O)C(O)CO.O=c1[nH]cnc2c1ncn2[C@@H]1O[C@H](COP(=O)(O)OP(=O)(O)O)[C@@H](O)[C@H]1O. The molecule has 1 aliphatic rings. The minimum Gasteiger partial charge on any atom is -0.394 e. The number of hydrogen-bond donors (Lipinski definition) is 11. The number of phosphoric ester groups is 1. The summed E-state index contributed by atoms with van der Waals surface area (Å²) in [5.74, 6) is 0. The molecule has 3 heterocycles. The third kappa shape index (κ3) is 8.72. The van der Waals surface area contributed by atoms with Crippen molar-refractivity contribution in [1.29, 1.82) is 0 Å². The second kappa shape index (κ2) is 13.5. The van der Waals surface area contributed by atoms with Crippen LogP contribution in [0, 0.1) is 0 Å². The number of nitrogens with zero attached hydrogens (tertiary/aromatic N) is 3. The van der Waals surface area contributed by atoms with Gasteiger partial charge in [0.2, 0.25) is 0 Å². The number of fused-ring (bicyclic) bond motifs is 1. The highest BCUT2D eigenvalue weighted by atomic mass is 31.3. The van der Waals surface area contributed by atoms with Crippen molar-refractivity contribution in [3.05, 3.63) is 23.0 Å². The number of nitrogens with one attached hydrogen (secondary N) is 1. The highest BCUT2D eigenvalue weighted by molar-refractivity contribution is 7.60. The van der Waals surface area contributed by atoms with Crippen LogP contribution in [0.3, 0.4) is 0 Å². The molecule has 3 rings (SSSR count). The summed E-state index contributed by atoms with van der Waals surface area (Å²) in [6.07, 6.45) is -10.4. The van der Waals surface area contributed by atoms with Crippen molar-refractivity contribution >= 4 is 33.1 Å². The number of carbonyl (C=O) groups excluding carboxylic acids is 1. The molecule has 0 radical (unpaired) electrons. The van der Waals surface area contributed by atoms with Crippen LogP contribution < -0.4 is 5.56 Å². The standard InChI is InChI=1S/C10H14N4O11P2.C6H12O6/c15-6-4(1-23-27(21,22)25-26(18,19)20)24-10(7(6)16)14-3-13-5-8(14)11-2-12-9(5)17;7-1-3(9)5(11)6(12)4(10)2-8/h2-4,6-7,10,15-16H,1H2,(H,21,22)(H,11,12,17)(H2,18,19,20);1,3-6,8-12H,2H2/t4-,6-,7-,10-;/m1./s1. The molecule has 0 aromatic carbocycles. The molecule has 23 heteroatoms. The Bertz CT molecular complexity index is 1250. The molecule has 1 aliphatic heterocycles. The highest BCUT2D eigenvalue weighted by Gasteiger charge is 2.46. The van der Waals surface area contributed by atoms with Crippen molar-refractivity contribution in [2.75, 3.05) is 13.2 Å². The number of aromatic nitrogens is 4. The Morgan fingerprint density at radius 2 is 1.74 bits per heavy atom. The van der Waals surface area contributed by atoms with Crippen LogP contribution >= 0.6 is 15.6 Å². The number of rotatable bonds is 11. The average molecular weight is 608 g/mol. The summed E-state index contributed by atoms with van der Waals surface area (Å²) in [4.78, 5) is 57.9. The van der Waals surface area contributed by atoms with Gasteiger partial charge in [-0.1, -0.05) is 0 Å². The third-order valence-corrected chi connectivity index (χ3v) is 7.16. The lowest BCUT2D eigenvalue weighted by atomic mass is 10.0. The second-order valence-electron chi connectivity index (χ2n) is 7.80. The van der Waals surface area contributed by atoms with E-state index in [4.69, 9.17) is 40.1 Å². The van der Waals surface area contributed by atoms with Crippen LogP contribution in [0.1, 0.15) is 6.23 Å². The van der Waals surface area contributed by atoms with Crippen LogP contribution in [-0.2, 0) is 27.5 Å². The lowest BCUT2D eigenvalue weighted by Gasteiger charge is -2.22. The van der Waals surface area contributed by atoms with E-state index in [0.717, 1.165) is 12.7 Å². The molecule has 0 spiro atoms. The number of carbonyl (C=O) groups is 1. The Morgan fingerprint density at radius 1 is 1.10 bits per heavy atom. The molecule has 0 bridgehead atoms. The third-order valence-electron chi connectivity index (χ3n) is 5.01. The smallest absolute Gasteiger partial charge is 0.394 e. The molecule has 0 amide bonds. The summed E-state index contributed by atoms with van der Waals surface area (Å²) < 4.78 is 36.6. The van der Waals surface area contributed by atoms with E-state index in [1.165, 1.54) is 4.57 Å². The zero-order chi connectivity index (χ0) is 29.7. The number of aliphatic hydroxyl groups excluding tert-OH is 7. The van der Waals surface area contributed by atoms with E-state index in [-0.39, 0.29) is 17.5 Å². The van der Waals surface area contributed by atoms with Crippen LogP contribution in [-0.4, -0.2) is 132 Å². The van der Waals surface area contributed by atoms with Crippen molar-refractivity contribution in [3.8, 4) is 0 Å². The fraction of sp³-hybridized carbons (Fsp3) is 0.625. The number of phosphoric acid groups is 2. The average Bonchev–Trinajstić information content (AvgIpc) is 3.41. The molecule has 1 saturated heterocycles. The minimum absolute atomic E-state index is 0.0258. The predicted octanol–water partition coefficient (Wildman–Crippen LogP) is -5.41. The van der Waals surface area contributed by atoms with Gasteiger partial charge in [-0.05, 0) is 0 Å². The van der Waals surface area contributed by atoms with Gasteiger partial charge in [0.15, 0.2) is 23.7 Å². The maximum absolute atomic E-state index is 11.7. The fourth-order valence-corrected chi connectivity index (χ4v) is 4.69. The van der Waals surface area contributed by atoms with Crippen molar-refractivity contribution in [1.82, 2.24) is 19.5 Å². The first kappa shape index (κ1) is 33.2. The Hall–Kier alpha value is -2.04. The maximum Gasteiger partial charge on any atom is 0.481 e. The van der Waals surface area contributed by atoms with Gasteiger partial charge in [-0.2, -0.15) is 4.31 Å². The van der Waals surface area contributed by atoms with E-state index in [1.807, 2.05) is 0 Å². The van der Waals surface area contributed by atoms with Crippen LogP contribution in [0.5, 0.6) is 0 Å². The summed E-state index contributed by atoms with van der Waals surface area (Å²) in [5, 5.41) is 63.7. The number of hydrogen-bond acceptors (Lipinski definition) is 16. The summed E-state index contributed by atoms with van der Waals surface area (Å²) in [6.45, 7) is -1.60. The van der Waals surface area contributed by atoms with E-state index >= 15 is 0 Å². The van der Waals surface area contributed by atoms with E-state index in [1.54, 1.807) is 0 Å². The molecular weight excluding hydrogens is 582 g/mol. The van der Waals surface area contributed by atoms with Crippen molar-refractivity contribution in [2.24, 2.45) is 0 Å². The van der Waals surface area contributed by atoms with Crippen molar-refractivity contribution in [2.45, 2.75) is 49.0 Å². The number of imidazole rings is 1. The van der Waals surface area contributed by atoms with Gasteiger partial charge in [0.1, 0.15) is 42.7 Å². The molecule has 11 N–H and O–H groups in total. The van der Waals surface area contributed by atoms with E-state index in [2.05, 4.69) is 23.8 Å². The molecule has 21 nitrogen and oxygen atoms in total. The number of ether oxygens (including phenoxy) is 1. The van der Waals surface area contributed by atoms with Gasteiger partial charge in [-0.3, -0.25) is 13.9 Å². The molecule has 0 aliphatic carbocycles. The molecular formula is C16H26N4O17P2. The molecule has 5 unspecified atom stereocenters. The first-order valence-corrected chi connectivity index (χ1v) is 13.5. The van der Waals surface area contributed by atoms with Gasteiger partial charge in [-0.15, -0.1) is 0 Å². The minimum atomic E-state index is -5.30. The first-order chi connectivity index (χ1) is 18.0. The number of aldehydes is 1. The second-order valence-corrected chi connectivity index (χ2v) is 10.6. The van der Waals surface area contributed by atoms with Gasteiger partial charge in [0, 0.05) is 0 Å². The summed E-state index contributed by atoms with van der Waals surface area (Å²) in [6, 6.07) is 0. The molecule has 0 saturated carbocycles. The first-order valence-electron chi connectivity index (χ1n) is 10.5. The molecule has 2 aromatic rings. The lowest BCUT2D eigenvalue weighted by Crippen LogP contribution is -2.46. The van der Waals surface area contributed by atoms with E-state index in [0.29, 0.717) is 0 Å². The Morgan fingerprint density at radius 3 is 2.31 bits per heavy atom. The molecule has 39 heavy (non-hydrogen) atoms. The Balaban J connectivity index is 0.000000377. The summed E-state index contributed by atoms with van der Waals surface area (Å²) >= 11 is 0. The zero-order valence-electron chi connectivity index (χ0n) is 19.3. The highest BCUT2D eigenvalue weighted by Crippen LogP contribution is 2.57. The van der Waals surface area contributed by atoms with Crippen molar-refractivity contribution < 1.29 is 77.9 Å². The summed E-state index contributed by atoms with van der Waals surface area (Å²) in [5.41, 5.74) is -0.533. The number of H-pyrrole nitrogens is 1. The van der Waals surface area contributed by atoms with Crippen LogP contribution in [0.2, 0.25) is 0 Å². The quantitative estimate of drug-likeness (QED) is 0.0837. The number of aliphatic hydroxyl groups is 7. The molecule has 1 fully saturated rings. The predicted molar refractivity (Wildman–Crippen MR) is 120 cm³/mol. The van der Waals surface area contributed by atoms with E-state index < -0.39 is 83.4 Å². The maximum atomic E-state index is 11.7. The summed E-state index contributed by atoms with van der Waals surface area (Å²) in [7, 11) is -10.5. The molecule has 2 aromatic heterocycles. The van der Waals surface area contributed by atoms with Crippen molar-refractivity contribution in [3.63, 3.8) is 0 Å². The van der Waals surface area contributed by atoms with Gasteiger partial charge >= 0.3 is 15.6 Å². The van der Waals surface area contributed by atoms with Gasteiger partial charge in [0.05, 0.1) is 25.9 Å². The lowest BCUT2D eigenvalue weighted by molar-refractivity contribution is -0.136. The van der Waals surface area contributed by atoms with Crippen LogP contribution in [0.4, 0.5) is 0 Å². The fourth-order valence-electron chi connectivity index (χ4n) is 3.09. The number of aromatic amines is 1. The largest absolute Gasteiger partial charge is 0.481 e. The van der Waals surface area contributed by atoms with Crippen LogP contribution in [0.25, 0.3) is 11.2 Å². The molecule has 9 atom stereocenters. The van der Waals surface area contributed by atoms with Gasteiger partial charge < -0.3 is 64.9 Å². The van der Waals surface area contributed by atoms with E-state index in [9.17, 15) is 33.8 Å². The normalized spacial score (nSPS) is 26.2.